The van der Waals surface area contributed by atoms with Crippen LogP contribution in [0.3, 0.4) is 0 Å². The van der Waals surface area contributed by atoms with Gasteiger partial charge in [-0.1, -0.05) is 17.7 Å². The summed E-state index contributed by atoms with van der Waals surface area (Å²) in [5, 5.41) is 0. The Hall–Kier alpha value is -1.35. The first-order valence-electron chi connectivity index (χ1n) is 6.55. The Kier molecular flexibility index (Phi) is 5.12. The molecule has 0 amide bonds. The average Bonchev–Trinajstić information content (AvgIpc) is 2.19. The Morgan fingerprint density at radius 1 is 1.11 bits per heavy atom. The van der Waals surface area contributed by atoms with Gasteiger partial charge in [0.1, 0.15) is 12.2 Å². The molecule has 1 aromatic carbocycles. The fraction of sp³-hybridized carbons (Fsp3) is 0.562. The number of hydrogen-bond donors (Lipinski definition) is 0. The van der Waals surface area contributed by atoms with Crippen molar-refractivity contribution in [2.75, 3.05) is 6.61 Å². The van der Waals surface area contributed by atoms with Crippen molar-refractivity contribution in [2.45, 2.75) is 53.8 Å². The monoisotopic (exact) mass is 264 g/mol. The fourth-order valence-corrected chi connectivity index (χ4v) is 2.04. The molecule has 0 aromatic heterocycles. The fourth-order valence-electron chi connectivity index (χ4n) is 2.04. The molecule has 0 atom stereocenters. The topological polar surface area (TPSA) is 35.5 Å². The molecule has 0 unspecified atom stereocenters. The van der Waals surface area contributed by atoms with Crippen LogP contribution in [0.1, 0.15) is 43.0 Å². The van der Waals surface area contributed by atoms with Gasteiger partial charge in [0.2, 0.25) is 0 Å². The van der Waals surface area contributed by atoms with Crippen LogP contribution in [-0.2, 0) is 20.9 Å². The summed E-state index contributed by atoms with van der Waals surface area (Å²) < 4.78 is 10.6. The van der Waals surface area contributed by atoms with Gasteiger partial charge in [-0.2, -0.15) is 0 Å². The summed E-state index contributed by atoms with van der Waals surface area (Å²) in [5.74, 6) is -0.324. The molecule has 19 heavy (non-hydrogen) atoms. The Morgan fingerprint density at radius 3 is 2.11 bits per heavy atom. The third-order valence-electron chi connectivity index (χ3n) is 2.73. The van der Waals surface area contributed by atoms with Crippen molar-refractivity contribution in [3.05, 3.63) is 34.4 Å². The molecule has 0 saturated heterocycles. The third-order valence-corrected chi connectivity index (χ3v) is 2.73. The van der Waals surface area contributed by atoms with Crippen LogP contribution in [0.5, 0.6) is 0 Å². The van der Waals surface area contributed by atoms with Crippen molar-refractivity contribution < 1.29 is 14.3 Å². The minimum Gasteiger partial charge on any atom is -0.458 e. The highest BCUT2D eigenvalue weighted by Gasteiger charge is 2.16. The standard InChI is InChI=1S/C16H24O3/c1-11-7-12(2)14(13(3)8-11)9-18-10-15(17)19-16(4,5)6/h7-8H,9-10H2,1-6H3. The predicted octanol–water partition coefficient (Wildman–Crippen LogP) is 3.47. The molecule has 0 saturated carbocycles. The molecule has 1 rings (SSSR count). The van der Waals surface area contributed by atoms with Crippen LogP contribution in [0, 0.1) is 20.8 Å². The molecule has 3 heteroatoms. The highest BCUT2D eigenvalue weighted by molar-refractivity contribution is 5.71. The Morgan fingerprint density at radius 2 is 1.63 bits per heavy atom. The molecule has 0 aliphatic rings. The van der Waals surface area contributed by atoms with Crippen molar-refractivity contribution >= 4 is 5.97 Å². The molecule has 0 radical (unpaired) electrons. The van der Waals surface area contributed by atoms with E-state index in [9.17, 15) is 4.79 Å². The SMILES string of the molecule is Cc1cc(C)c(COCC(=O)OC(C)(C)C)c(C)c1. The van der Waals surface area contributed by atoms with Crippen LogP contribution < -0.4 is 0 Å². The van der Waals surface area contributed by atoms with Crippen LogP contribution in [-0.4, -0.2) is 18.2 Å². The van der Waals surface area contributed by atoms with Gasteiger partial charge in [0.15, 0.2) is 0 Å². The van der Waals surface area contributed by atoms with E-state index in [-0.39, 0.29) is 12.6 Å². The Balaban J connectivity index is 2.52. The summed E-state index contributed by atoms with van der Waals surface area (Å²) >= 11 is 0. The van der Waals surface area contributed by atoms with Gasteiger partial charge in [0.05, 0.1) is 6.61 Å². The van der Waals surface area contributed by atoms with E-state index in [1.165, 1.54) is 16.7 Å². The molecule has 0 N–H and O–H groups in total. The molecular formula is C16H24O3. The second-order valence-electron chi connectivity index (χ2n) is 5.96. The van der Waals surface area contributed by atoms with Gasteiger partial charge in [-0.05, 0) is 58.2 Å². The van der Waals surface area contributed by atoms with Gasteiger partial charge in [-0.15, -0.1) is 0 Å². The minimum absolute atomic E-state index is 0.00989. The van der Waals surface area contributed by atoms with E-state index in [2.05, 4.69) is 32.9 Å². The molecule has 0 heterocycles. The molecule has 0 aliphatic heterocycles. The molecule has 3 nitrogen and oxygen atoms in total. The first-order chi connectivity index (χ1) is 8.69. The van der Waals surface area contributed by atoms with Crippen LogP contribution in [0.2, 0.25) is 0 Å². The summed E-state index contributed by atoms with van der Waals surface area (Å²) in [4.78, 5) is 11.5. The van der Waals surface area contributed by atoms with E-state index >= 15 is 0 Å². The van der Waals surface area contributed by atoms with Gasteiger partial charge >= 0.3 is 5.97 Å². The highest BCUT2D eigenvalue weighted by atomic mass is 16.6. The number of esters is 1. The van der Waals surface area contributed by atoms with Gasteiger partial charge in [-0.3, -0.25) is 0 Å². The van der Waals surface area contributed by atoms with E-state index in [1.807, 2.05) is 20.8 Å². The van der Waals surface area contributed by atoms with Crippen molar-refractivity contribution in [3.8, 4) is 0 Å². The van der Waals surface area contributed by atoms with E-state index in [1.54, 1.807) is 0 Å². The van der Waals surface area contributed by atoms with Crippen molar-refractivity contribution in [1.29, 1.82) is 0 Å². The zero-order chi connectivity index (χ0) is 14.6. The summed E-state index contributed by atoms with van der Waals surface area (Å²) in [6.07, 6.45) is 0. The van der Waals surface area contributed by atoms with E-state index < -0.39 is 5.60 Å². The van der Waals surface area contributed by atoms with Gasteiger partial charge in [-0.25, -0.2) is 4.79 Å². The summed E-state index contributed by atoms with van der Waals surface area (Å²) in [7, 11) is 0. The molecule has 106 valence electrons. The lowest BCUT2D eigenvalue weighted by atomic mass is 10.0. The molecule has 0 aliphatic carbocycles. The maximum Gasteiger partial charge on any atom is 0.332 e. The maximum absolute atomic E-state index is 11.5. The van der Waals surface area contributed by atoms with E-state index in [4.69, 9.17) is 9.47 Å². The van der Waals surface area contributed by atoms with Crippen LogP contribution in [0.15, 0.2) is 12.1 Å². The average molecular weight is 264 g/mol. The van der Waals surface area contributed by atoms with Gasteiger partial charge in [0, 0.05) is 0 Å². The second kappa shape index (κ2) is 6.20. The Bertz CT molecular complexity index is 433. The first kappa shape index (κ1) is 15.7. The lowest BCUT2D eigenvalue weighted by molar-refractivity contribution is -0.160. The maximum atomic E-state index is 11.5. The van der Waals surface area contributed by atoms with Crippen LogP contribution in [0.25, 0.3) is 0 Å². The number of rotatable bonds is 4. The number of aryl methyl sites for hydroxylation is 3. The highest BCUT2D eigenvalue weighted by Crippen LogP contribution is 2.17. The summed E-state index contributed by atoms with van der Waals surface area (Å²) in [6, 6.07) is 4.25. The molecule has 0 spiro atoms. The number of hydrogen-bond acceptors (Lipinski definition) is 3. The normalized spacial score (nSPS) is 11.5. The number of ether oxygens (including phenoxy) is 2. The molecule has 0 fully saturated rings. The zero-order valence-electron chi connectivity index (χ0n) is 12.8. The van der Waals surface area contributed by atoms with E-state index in [0.717, 1.165) is 5.56 Å². The first-order valence-corrected chi connectivity index (χ1v) is 6.55. The Labute approximate surface area is 115 Å². The smallest absolute Gasteiger partial charge is 0.332 e. The largest absolute Gasteiger partial charge is 0.458 e. The second-order valence-corrected chi connectivity index (χ2v) is 5.96. The molecule has 0 bridgehead atoms. The summed E-state index contributed by atoms with van der Waals surface area (Å²) in [5.41, 5.74) is 4.32. The van der Waals surface area contributed by atoms with Gasteiger partial charge < -0.3 is 9.47 Å². The zero-order valence-corrected chi connectivity index (χ0v) is 12.8. The van der Waals surface area contributed by atoms with Crippen molar-refractivity contribution in [1.82, 2.24) is 0 Å². The lowest BCUT2D eigenvalue weighted by Gasteiger charge is -2.19. The quantitative estimate of drug-likeness (QED) is 0.781. The summed E-state index contributed by atoms with van der Waals surface area (Å²) in [6.45, 7) is 12.2. The van der Waals surface area contributed by atoms with E-state index in [0.29, 0.717) is 6.61 Å². The number of benzene rings is 1. The molecular weight excluding hydrogens is 240 g/mol. The minimum atomic E-state index is -0.462. The number of carbonyl (C=O) groups is 1. The third kappa shape index (κ3) is 5.43. The lowest BCUT2D eigenvalue weighted by Crippen LogP contribution is -2.26. The van der Waals surface area contributed by atoms with Crippen molar-refractivity contribution in [2.24, 2.45) is 0 Å². The van der Waals surface area contributed by atoms with Crippen LogP contribution in [0.4, 0.5) is 0 Å². The predicted molar refractivity (Wildman–Crippen MR) is 76.2 cm³/mol. The van der Waals surface area contributed by atoms with Crippen LogP contribution >= 0.6 is 0 Å². The van der Waals surface area contributed by atoms with Crippen molar-refractivity contribution in [3.63, 3.8) is 0 Å². The number of carbonyl (C=O) groups excluding carboxylic acids is 1. The molecule has 1 aromatic rings. The van der Waals surface area contributed by atoms with Gasteiger partial charge in [0.25, 0.3) is 0 Å².